The Labute approximate surface area is 264 Å². The summed E-state index contributed by atoms with van der Waals surface area (Å²) in [7, 11) is 0. The summed E-state index contributed by atoms with van der Waals surface area (Å²) >= 11 is 0. The minimum atomic E-state index is -0.612. The minimum absolute atomic E-state index is 0.103. The summed E-state index contributed by atoms with van der Waals surface area (Å²) in [6.45, 7) is 4.01. The Morgan fingerprint density at radius 1 is 0.956 bits per heavy atom. The van der Waals surface area contributed by atoms with Crippen LogP contribution in [-0.4, -0.2) is 73.5 Å². The fourth-order valence-corrected chi connectivity index (χ4v) is 9.39. The molecule has 45 heavy (non-hydrogen) atoms. The molecule has 9 rings (SSSR count). The van der Waals surface area contributed by atoms with Gasteiger partial charge in [-0.1, -0.05) is 12.1 Å². The number of hydrogen-bond donors (Lipinski definition) is 3. The molecule has 4 N–H and O–H groups in total. The van der Waals surface area contributed by atoms with Gasteiger partial charge in [0.05, 0.1) is 17.3 Å². The molecule has 6 aliphatic rings. The smallest absolute Gasteiger partial charge is 0.306 e. The Kier molecular flexibility index (Phi) is 7.15. The van der Waals surface area contributed by atoms with Gasteiger partial charge in [0, 0.05) is 43.0 Å². The van der Waals surface area contributed by atoms with E-state index < -0.39 is 5.97 Å². The van der Waals surface area contributed by atoms with E-state index in [1.54, 1.807) is 12.1 Å². The van der Waals surface area contributed by atoms with Crippen molar-refractivity contribution in [1.82, 2.24) is 25.1 Å². The molecule has 10 nitrogen and oxygen atoms in total. The van der Waals surface area contributed by atoms with E-state index in [4.69, 9.17) is 15.7 Å². The Balaban J connectivity index is 0.898. The second kappa shape index (κ2) is 11.2. The maximum atomic E-state index is 11.2. The van der Waals surface area contributed by atoms with Gasteiger partial charge in [0.1, 0.15) is 11.6 Å². The number of aromatic nitrogens is 4. The molecule has 5 heterocycles. The van der Waals surface area contributed by atoms with Crippen LogP contribution in [0.5, 0.6) is 5.75 Å². The number of nitrogen functional groups attached to an aromatic ring is 1. The molecule has 10 heteroatoms. The van der Waals surface area contributed by atoms with Gasteiger partial charge in [0.2, 0.25) is 0 Å². The third-order valence-electron chi connectivity index (χ3n) is 11.9. The van der Waals surface area contributed by atoms with Crippen LogP contribution in [0.4, 0.5) is 11.5 Å². The number of carbonyl (C=O) groups is 1. The summed E-state index contributed by atoms with van der Waals surface area (Å²) in [5.74, 6) is 2.67. The number of para-hydroxylation sites is 1. The van der Waals surface area contributed by atoms with Crippen molar-refractivity contribution in [3.63, 3.8) is 0 Å². The maximum Gasteiger partial charge on any atom is 0.306 e. The van der Waals surface area contributed by atoms with Crippen molar-refractivity contribution >= 4 is 17.5 Å². The Morgan fingerprint density at radius 3 is 2.44 bits per heavy atom. The molecule has 0 radical (unpaired) electrons. The minimum Gasteiger partial charge on any atom is -0.507 e. The van der Waals surface area contributed by atoms with Crippen LogP contribution in [0, 0.1) is 23.2 Å². The zero-order valence-electron chi connectivity index (χ0n) is 25.8. The van der Waals surface area contributed by atoms with E-state index in [9.17, 15) is 15.0 Å². The summed E-state index contributed by atoms with van der Waals surface area (Å²) in [4.78, 5) is 26.2. The number of nitrogens with zero attached hydrogens (tertiary/aromatic N) is 6. The molecule has 0 amide bonds. The van der Waals surface area contributed by atoms with Gasteiger partial charge in [-0.3, -0.25) is 4.79 Å². The predicted octanol–water partition coefficient (Wildman–Crippen LogP) is 5.06. The van der Waals surface area contributed by atoms with E-state index in [1.165, 1.54) is 24.8 Å². The van der Waals surface area contributed by atoms with Crippen LogP contribution in [0.1, 0.15) is 81.0 Å². The Bertz CT molecular complexity index is 1560. The number of benzene rings is 1. The summed E-state index contributed by atoms with van der Waals surface area (Å²) < 4.78 is 0. The first-order valence-corrected chi connectivity index (χ1v) is 16.8. The standard InChI is InChI=1S/C35H43N7O3/c36-32-30(12-29(39-40-32)27-3-1-2-4-31(27)43)42-19-21-5-6-23(20-42)28(11-21)33-37-17-25(18-38-33)22-7-9-41(10-8-22)26-15-35(16-26)13-24(14-35)34(44)45/h1-4,12,17-18,21-24,26,28,43H,5-11,13-16,19-20H2,(H2,36,40)(H,44,45). The highest BCUT2D eigenvalue weighted by molar-refractivity contribution is 5.74. The number of likely N-dealkylation sites (tertiary alicyclic amines) is 1. The van der Waals surface area contributed by atoms with Gasteiger partial charge in [0.15, 0.2) is 5.82 Å². The molecule has 3 saturated carbocycles. The molecule has 3 unspecified atom stereocenters. The molecule has 3 aliphatic carbocycles. The summed E-state index contributed by atoms with van der Waals surface area (Å²) in [6, 6.07) is 9.81. The highest BCUT2D eigenvalue weighted by atomic mass is 16.4. The van der Waals surface area contributed by atoms with Gasteiger partial charge in [-0.05, 0) is 118 Å². The number of nitrogens with two attached hydrogens (primary N) is 1. The van der Waals surface area contributed by atoms with Crippen molar-refractivity contribution in [2.45, 2.75) is 75.7 Å². The van der Waals surface area contributed by atoms with Crippen molar-refractivity contribution in [3.05, 3.63) is 54.1 Å². The fraction of sp³-hybridized carbons (Fsp3) is 0.571. The molecule has 3 saturated heterocycles. The number of aliphatic carboxylic acids is 1. The van der Waals surface area contributed by atoms with Crippen molar-refractivity contribution in [2.24, 2.45) is 23.2 Å². The van der Waals surface area contributed by atoms with Gasteiger partial charge in [-0.25, -0.2) is 9.97 Å². The van der Waals surface area contributed by atoms with Crippen LogP contribution in [0.15, 0.2) is 42.7 Å². The van der Waals surface area contributed by atoms with E-state index in [0.717, 1.165) is 76.2 Å². The number of carboxylic acid groups (broad SMARTS) is 1. The fourth-order valence-electron chi connectivity index (χ4n) is 9.39. The zero-order chi connectivity index (χ0) is 30.7. The molecule has 3 aliphatic heterocycles. The second-order valence-corrected chi connectivity index (χ2v) is 14.7. The molecule has 2 aromatic heterocycles. The number of fused-ring (bicyclic) bond motifs is 4. The third kappa shape index (κ3) is 5.30. The van der Waals surface area contributed by atoms with Crippen molar-refractivity contribution in [1.29, 1.82) is 0 Å². The van der Waals surface area contributed by atoms with E-state index in [2.05, 4.69) is 32.4 Å². The van der Waals surface area contributed by atoms with Gasteiger partial charge < -0.3 is 25.7 Å². The molecule has 3 atom stereocenters. The van der Waals surface area contributed by atoms with E-state index in [0.29, 0.717) is 52.2 Å². The van der Waals surface area contributed by atoms with Gasteiger partial charge in [0.25, 0.3) is 0 Å². The number of piperidine rings is 1. The molecule has 3 aromatic rings. The van der Waals surface area contributed by atoms with Crippen LogP contribution in [-0.2, 0) is 4.79 Å². The van der Waals surface area contributed by atoms with Crippen LogP contribution in [0.2, 0.25) is 0 Å². The van der Waals surface area contributed by atoms with Gasteiger partial charge in [-0.2, -0.15) is 0 Å². The number of phenolic OH excluding ortho intramolecular Hbond substituents is 1. The summed E-state index contributed by atoms with van der Waals surface area (Å²) in [6.07, 6.45) is 14.0. The predicted molar refractivity (Wildman–Crippen MR) is 171 cm³/mol. The molecule has 2 bridgehead atoms. The number of aromatic hydroxyl groups is 1. The SMILES string of the molecule is Nc1nnc(-c2ccccc2O)cc1N1CC2CCC(C1)C(c1ncc(C3CCN(C4CC5(CC(C(=O)O)C5)C4)CC3)cn1)C2. The number of phenols is 1. The monoisotopic (exact) mass is 609 g/mol. The van der Waals surface area contributed by atoms with Crippen molar-refractivity contribution in [2.75, 3.05) is 36.8 Å². The molecule has 1 aromatic carbocycles. The molecule has 1 spiro atoms. The number of hydrogen-bond acceptors (Lipinski definition) is 9. The number of rotatable bonds is 6. The lowest BCUT2D eigenvalue weighted by Gasteiger charge is -2.59. The number of anilines is 2. The second-order valence-electron chi connectivity index (χ2n) is 14.7. The average Bonchev–Trinajstić information content (AvgIpc) is 3.33. The molecule has 236 valence electrons. The van der Waals surface area contributed by atoms with E-state index in [-0.39, 0.29) is 11.7 Å². The normalized spacial score (nSPS) is 31.7. The summed E-state index contributed by atoms with van der Waals surface area (Å²) in [5.41, 5.74) is 10.1. The maximum absolute atomic E-state index is 11.2. The average molecular weight is 610 g/mol. The first-order valence-electron chi connectivity index (χ1n) is 16.8. The van der Waals surface area contributed by atoms with E-state index >= 15 is 0 Å². The van der Waals surface area contributed by atoms with Crippen molar-refractivity contribution in [3.8, 4) is 17.0 Å². The topological polar surface area (TPSA) is 142 Å². The Hall–Kier alpha value is -3.79. The lowest BCUT2D eigenvalue weighted by Crippen LogP contribution is -2.58. The highest BCUT2D eigenvalue weighted by Crippen LogP contribution is 2.60. The summed E-state index contributed by atoms with van der Waals surface area (Å²) in [5, 5.41) is 28.2. The largest absolute Gasteiger partial charge is 0.507 e. The lowest BCUT2D eigenvalue weighted by atomic mass is 9.49. The van der Waals surface area contributed by atoms with Crippen LogP contribution in [0.3, 0.4) is 0 Å². The first kappa shape index (κ1) is 28.7. The quantitative estimate of drug-likeness (QED) is 0.347. The lowest BCUT2D eigenvalue weighted by molar-refractivity contribution is -0.160. The van der Waals surface area contributed by atoms with Gasteiger partial charge >= 0.3 is 5.97 Å². The molecule has 6 fully saturated rings. The highest BCUT2D eigenvalue weighted by Gasteiger charge is 2.56. The number of carboxylic acids is 1. The first-order chi connectivity index (χ1) is 21.8. The van der Waals surface area contributed by atoms with Crippen molar-refractivity contribution < 1.29 is 15.0 Å². The molecular formula is C35H43N7O3. The van der Waals surface area contributed by atoms with Gasteiger partial charge in [-0.15, -0.1) is 10.2 Å². The molecular weight excluding hydrogens is 566 g/mol. The van der Waals surface area contributed by atoms with Crippen LogP contribution in [0.25, 0.3) is 11.3 Å². The zero-order valence-corrected chi connectivity index (χ0v) is 25.8. The van der Waals surface area contributed by atoms with E-state index in [1.807, 2.05) is 18.2 Å². The van der Waals surface area contributed by atoms with Crippen LogP contribution >= 0.6 is 0 Å². The Morgan fingerprint density at radius 2 is 1.71 bits per heavy atom. The third-order valence-corrected chi connectivity index (χ3v) is 11.9. The van der Waals surface area contributed by atoms with Crippen LogP contribution < -0.4 is 10.6 Å².